The van der Waals surface area contributed by atoms with E-state index in [2.05, 4.69) is 21.5 Å². The molecule has 1 heterocycles. The van der Waals surface area contributed by atoms with Gasteiger partial charge in [-0.2, -0.15) is 11.8 Å². The molecule has 19 heavy (non-hydrogen) atoms. The molecule has 0 amide bonds. The molecule has 0 saturated heterocycles. The van der Waals surface area contributed by atoms with E-state index in [1.54, 1.807) is 11.8 Å². The number of sulfonamides is 1. The van der Waals surface area contributed by atoms with E-state index < -0.39 is 10.0 Å². The first-order valence-corrected chi connectivity index (χ1v) is 8.51. The van der Waals surface area contributed by atoms with Crippen LogP contribution in [0.1, 0.15) is 12.0 Å². The van der Waals surface area contributed by atoms with Gasteiger partial charge >= 0.3 is 0 Å². The van der Waals surface area contributed by atoms with Crippen LogP contribution in [0.4, 0.5) is 0 Å². The second-order valence-electron chi connectivity index (χ2n) is 3.61. The molecule has 0 unspecified atom stereocenters. The van der Waals surface area contributed by atoms with Crippen molar-refractivity contribution >= 4 is 21.8 Å². The molecule has 0 fully saturated rings. The van der Waals surface area contributed by atoms with Gasteiger partial charge in [0.05, 0.1) is 0 Å². The highest BCUT2D eigenvalue weighted by Crippen LogP contribution is 2.09. The van der Waals surface area contributed by atoms with Gasteiger partial charge < -0.3 is 5.11 Å². The molecule has 0 aliphatic heterocycles. The first kappa shape index (κ1) is 16.0. The van der Waals surface area contributed by atoms with Crippen LogP contribution in [-0.2, 0) is 10.0 Å². The standard InChI is InChI=1S/C12H16N2O3S2/c1-18-7-3-5-14-19(16,17)12-8-11(4-2-6-15)9-13-10-12/h8-10,14-15H,3,5-7H2,1H3. The van der Waals surface area contributed by atoms with Crippen molar-refractivity contribution in [1.82, 2.24) is 9.71 Å². The zero-order valence-electron chi connectivity index (χ0n) is 10.6. The molecule has 1 aromatic rings. The Kier molecular flexibility index (Phi) is 6.87. The average Bonchev–Trinajstić information content (AvgIpc) is 2.42. The Balaban J connectivity index is 2.77. The predicted molar refractivity (Wildman–Crippen MR) is 76.4 cm³/mol. The summed E-state index contributed by atoms with van der Waals surface area (Å²) in [7, 11) is -3.54. The van der Waals surface area contributed by atoms with Gasteiger partial charge in [-0.05, 0) is 24.5 Å². The molecule has 0 bridgehead atoms. The predicted octanol–water partition coefficient (Wildman–Crippen LogP) is 0.457. The maximum absolute atomic E-state index is 12.0. The van der Waals surface area contributed by atoms with Crippen LogP contribution in [0, 0.1) is 11.8 Å². The maximum Gasteiger partial charge on any atom is 0.242 e. The van der Waals surface area contributed by atoms with Crippen LogP contribution in [0.3, 0.4) is 0 Å². The summed E-state index contributed by atoms with van der Waals surface area (Å²) >= 11 is 1.67. The highest BCUT2D eigenvalue weighted by atomic mass is 32.2. The number of rotatable bonds is 6. The van der Waals surface area contributed by atoms with E-state index in [9.17, 15) is 8.42 Å². The fourth-order valence-corrected chi connectivity index (χ4v) is 2.78. The Morgan fingerprint density at radius 1 is 1.47 bits per heavy atom. The van der Waals surface area contributed by atoms with Gasteiger partial charge in [0.1, 0.15) is 11.5 Å². The molecule has 0 saturated carbocycles. The number of pyridine rings is 1. The smallest absolute Gasteiger partial charge is 0.242 e. The third-order valence-corrected chi connectivity index (χ3v) is 4.28. The lowest BCUT2D eigenvalue weighted by Gasteiger charge is -2.06. The van der Waals surface area contributed by atoms with E-state index in [0.29, 0.717) is 12.1 Å². The van der Waals surface area contributed by atoms with Crippen LogP contribution in [0.2, 0.25) is 0 Å². The molecule has 2 N–H and O–H groups in total. The number of hydrogen-bond donors (Lipinski definition) is 2. The molecule has 7 heteroatoms. The lowest BCUT2D eigenvalue weighted by Crippen LogP contribution is -2.25. The summed E-state index contributed by atoms with van der Waals surface area (Å²) in [6, 6.07) is 1.44. The summed E-state index contributed by atoms with van der Waals surface area (Å²) in [5.41, 5.74) is 0.459. The molecule has 5 nitrogen and oxygen atoms in total. The van der Waals surface area contributed by atoms with Crippen molar-refractivity contribution in [2.75, 3.05) is 25.2 Å². The first-order chi connectivity index (χ1) is 9.10. The number of hydrogen-bond acceptors (Lipinski definition) is 5. The Morgan fingerprint density at radius 3 is 2.95 bits per heavy atom. The van der Waals surface area contributed by atoms with E-state index in [1.165, 1.54) is 18.5 Å². The summed E-state index contributed by atoms with van der Waals surface area (Å²) in [5, 5.41) is 8.60. The Labute approximate surface area is 117 Å². The van der Waals surface area contributed by atoms with Crippen LogP contribution >= 0.6 is 11.8 Å². The van der Waals surface area contributed by atoms with Crippen LogP contribution in [-0.4, -0.2) is 43.7 Å². The number of aliphatic hydroxyl groups is 1. The van der Waals surface area contributed by atoms with Crippen molar-refractivity contribution in [3.8, 4) is 11.8 Å². The second-order valence-corrected chi connectivity index (χ2v) is 6.37. The van der Waals surface area contributed by atoms with Gasteiger partial charge in [-0.3, -0.25) is 4.98 Å². The Bertz CT molecular complexity index is 562. The fraction of sp³-hybridized carbons (Fsp3) is 0.417. The number of nitrogens with zero attached hydrogens (tertiary/aromatic N) is 1. The molecular weight excluding hydrogens is 284 g/mol. The van der Waals surface area contributed by atoms with Crippen molar-refractivity contribution in [3.05, 3.63) is 24.0 Å². The zero-order valence-corrected chi connectivity index (χ0v) is 12.2. The van der Waals surface area contributed by atoms with Gasteiger partial charge in [-0.25, -0.2) is 13.1 Å². The Hall–Kier alpha value is -1.07. The highest BCUT2D eigenvalue weighted by molar-refractivity contribution is 7.98. The van der Waals surface area contributed by atoms with Crippen molar-refractivity contribution in [1.29, 1.82) is 0 Å². The van der Waals surface area contributed by atoms with E-state index in [4.69, 9.17) is 5.11 Å². The minimum Gasteiger partial charge on any atom is -0.384 e. The summed E-state index contributed by atoms with van der Waals surface area (Å²) in [5.74, 6) is 5.98. The lowest BCUT2D eigenvalue weighted by atomic mass is 10.3. The summed E-state index contributed by atoms with van der Waals surface area (Å²) < 4.78 is 26.4. The normalized spacial score (nSPS) is 10.8. The van der Waals surface area contributed by atoms with Gasteiger partial charge in [-0.1, -0.05) is 11.8 Å². The number of aliphatic hydroxyl groups excluding tert-OH is 1. The van der Waals surface area contributed by atoms with Crippen molar-refractivity contribution in [2.24, 2.45) is 0 Å². The molecular formula is C12H16N2O3S2. The van der Waals surface area contributed by atoms with Crippen molar-refractivity contribution in [3.63, 3.8) is 0 Å². The fourth-order valence-electron chi connectivity index (χ4n) is 1.28. The van der Waals surface area contributed by atoms with E-state index in [0.717, 1.165) is 12.2 Å². The topological polar surface area (TPSA) is 79.3 Å². The van der Waals surface area contributed by atoms with Crippen molar-refractivity contribution in [2.45, 2.75) is 11.3 Å². The molecule has 0 aliphatic rings. The molecule has 0 radical (unpaired) electrons. The molecule has 0 aromatic carbocycles. The van der Waals surface area contributed by atoms with Crippen LogP contribution in [0.15, 0.2) is 23.4 Å². The lowest BCUT2D eigenvalue weighted by molar-refractivity contribution is 0.350. The minimum absolute atomic E-state index is 0.0846. The summed E-state index contributed by atoms with van der Waals surface area (Å²) in [4.78, 5) is 3.93. The monoisotopic (exact) mass is 300 g/mol. The third kappa shape index (κ3) is 5.61. The quantitative estimate of drug-likeness (QED) is 0.589. The average molecular weight is 300 g/mol. The van der Waals surface area contributed by atoms with Crippen LogP contribution < -0.4 is 4.72 Å². The number of aromatic nitrogens is 1. The molecule has 0 spiro atoms. The van der Waals surface area contributed by atoms with Crippen LogP contribution in [0.25, 0.3) is 0 Å². The highest BCUT2D eigenvalue weighted by Gasteiger charge is 2.13. The molecule has 1 rings (SSSR count). The van der Waals surface area contributed by atoms with Gasteiger partial charge in [0, 0.05) is 24.5 Å². The van der Waals surface area contributed by atoms with E-state index in [1.807, 2.05) is 6.26 Å². The number of thioether (sulfide) groups is 1. The Morgan fingerprint density at radius 2 is 2.26 bits per heavy atom. The van der Waals surface area contributed by atoms with E-state index >= 15 is 0 Å². The third-order valence-electron chi connectivity index (χ3n) is 2.15. The second kappa shape index (κ2) is 8.17. The molecule has 0 atom stereocenters. The molecule has 1 aromatic heterocycles. The minimum atomic E-state index is -3.54. The first-order valence-electron chi connectivity index (χ1n) is 5.63. The zero-order chi connectivity index (χ0) is 14.1. The van der Waals surface area contributed by atoms with Gasteiger partial charge in [0.2, 0.25) is 10.0 Å². The largest absolute Gasteiger partial charge is 0.384 e. The summed E-state index contributed by atoms with van der Waals surface area (Å²) in [6.45, 7) is 0.125. The van der Waals surface area contributed by atoms with E-state index in [-0.39, 0.29) is 11.5 Å². The SMILES string of the molecule is CSCCCNS(=O)(=O)c1cncc(C#CCO)c1. The summed E-state index contributed by atoms with van der Waals surface area (Å²) in [6.07, 6.45) is 5.48. The van der Waals surface area contributed by atoms with Gasteiger partial charge in [0.25, 0.3) is 0 Å². The van der Waals surface area contributed by atoms with Crippen molar-refractivity contribution < 1.29 is 13.5 Å². The van der Waals surface area contributed by atoms with Gasteiger partial charge in [-0.15, -0.1) is 0 Å². The number of nitrogens with one attached hydrogen (secondary N) is 1. The van der Waals surface area contributed by atoms with Crippen LogP contribution in [0.5, 0.6) is 0 Å². The van der Waals surface area contributed by atoms with Gasteiger partial charge in [0.15, 0.2) is 0 Å². The molecule has 104 valence electrons. The maximum atomic E-state index is 12.0. The molecule has 0 aliphatic carbocycles.